The molecule has 71 heavy (non-hydrogen) atoms. The van der Waals surface area contributed by atoms with Crippen molar-refractivity contribution in [3.8, 4) is 0 Å². The van der Waals surface area contributed by atoms with Crippen molar-refractivity contribution in [2.24, 2.45) is 0 Å². The molecule has 0 radical (unpaired) electrons. The summed E-state index contributed by atoms with van der Waals surface area (Å²) in [5, 5.41) is 33.5. The zero-order valence-corrected chi connectivity index (χ0v) is 47.9. The highest BCUT2D eigenvalue weighted by molar-refractivity contribution is 5.76. The molecule has 0 fully saturated rings. The van der Waals surface area contributed by atoms with Gasteiger partial charge in [-0.3, -0.25) is 4.79 Å². The van der Waals surface area contributed by atoms with Gasteiger partial charge in [0.2, 0.25) is 5.91 Å². The number of nitrogens with one attached hydrogen (secondary N) is 1. The third kappa shape index (κ3) is 57.4. The normalized spacial score (nSPS) is 13.5. The molecule has 0 saturated heterocycles. The van der Waals surface area contributed by atoms with Crippen LogP contribution in [-0.4, -0.2) is 46.1 Å². The van der Waals surface area contributed by atoms with Gasteiger partial charge in [0.1, 0.15) is 0 Å². The van der Waals surface area contributed by atoms with Gasteiger partial charge in [-0.25, -0.2) is 0 Å². The smallest absolute Gasteiger partial charge is 0.222 e. The first-order valence-electron chi connectivity index (χ1n) is 31.9. The van der Waals surface area contributed by atoms with E-state index in [4.69, 9.17) is 0 Å². The van der Waals surface area contributed by atoms with E-state index < -0.39 is 18.2 Å². The largest absolute Gasteiger partial charge is 0.394 e. The standard InChI is InChI=1S/C66H125NO4/c1-3-5-7-9-11-13-15-17-19-21-23-24-25-26-27-28-29-30-31-32-33-34-35-36-37-38-39-40-42-43-45-47-49-51-53-55-57-59-63(69)61-66(71)67-64(62-68)65(70)60-58-56-54-52-50-48-46-44-41-22-20-18-16-14-12-10-8-6-4-2/h29-30,32-33,50,52,58,60,63-65,68-70H,3-28,31,34-49,51,53-57,59,61-62H2,1-2H3,(H,67,71)/b30-29-,33-32-,52-50+,60-58+. The van der Waals surface area contributed by atoms with Gasteiger partial charge >= 0.3 is 0 Å². The maximum atomic E-state index is 12.5. The molecular weight excluding hydrogens is 871 g/mol. The van der Waals surface area contributed by atoms with E-state index in [9.17, 15) is 20.1 Å². The molecule has 0 heterocycles. The zero-order valence-electron chi connectivity index (χ0n) is 47.9. The van der Waals surface area contributed by atoms with Gasteiger partial charge in [-0.1, -0.05) is 319 Å². The summed E-state index contributed by atoms with van der Waals surface area (Å²) in [6.45, 7) is 4.24. The highest BCUT2D eigenvalue weighted by Crippen LogP contribution is 2.18. The fraction of sp³-hybridized carbons (Fsp3) is 0.864. The van der Waals surface area contributed by atoms with Crippen molar-refractivity contribution >= 4 is 5.91 Å². The summed E-state index contributed by atoms with van der Waals surface area (Å²) in [5.74, 6) is -0.322. The first kappa shape index (κ1) is 69.3. The van der Waals surface area contributed by atoms with Gasteiger partial charge in [-0.15, -0.1) is 0 Å². The molecule has 0 aliphatic carbocycles. The summed E-state index contributed by atoms with van der Waals surface area (Å²) in [4.78, 5) is 12.5. The van der Waals surface area contributed by atoms with E-state index in [0.717, 1.165) is 38.5 Å². The number of carbonyl (C=O) groups excluding carboxylic acids is 1. The maximum absolute atomic E-state index is 12.5. The lowest BCUT2D eigenvalue weighted by molar-refractivity contribution is -0.124. The second-order valence-corrected chi connectivity index (χ2v) is 22.0. The number of aliphatic hydroxyl groups is 3. The van der Waals surface area contributed by atoms with Gasteiger partial charge in [0.25, 0.3) is 0 Å². The summed E-state index contributed by atoms with van der Waals surface area (Å²) in [6, 6.07) is -0.763. The molecule has 1 amide bonds. The van der Waals surface area contributed by atoms with E-state index in [0.29, 0.717) is 6.42 Å². The van der Waals surface area contributed by atoms with E-state index >= 15 is 0 Å². The maximum Gasteiger partial charge on any atom is 0.222 e. The Morgan fingerprint density at radius 3 is 0.986 bits per heavy atom. The molecule has 0 aromatic rings. The third-order valence-electron chi connectivity index (χ3n) is 14.8. The third-order valence-corrected chi connectivity index (χ3v) is 14.8. The Morgan fingerprint density at radius 2 is 0.648 bits per heavy atom. The lowest BCUT2D eigenvalue weighted by Gasteiger charge is -2.21. The summed E-state index contributed by atoms with van der Waals surface area (Å²) >= 11 is 0. The van der Waals surface area contributed by atoms with Crippen LogP contribution in [0.2, 0.25) is 0 Å². The van der Waals surface area contributed by atoms with Crippen LogP contribution in [0.15, 0.2) is 48.6 Å². The quantitative estimate of drug-likeness (QED) is 0.0361. The Morgan fingerprint density at radius 1 is 0.366 bits per heavy atom. The SMILES string of the molecule is CCCCCCCCCCCCCCC/C=C/CC/C=C/C(O)C(CO)NC(=O)CC(O)CCCCCCCCCCCCCCCCC/C=C\C/C=C\CCCCCCCCCCCCCCCCC. The highest BCUT2D eigenvalue weighted by Gasteiger charge is 2.20. The fourth-order valence-electron chi connectivity index (χ4n) is 9.98. The van der Waals surface area contributed by atoms with Crippen molar-refractivity contribution in [2.75, 3.05) is 6.61 Å². The predicted molar refractivity (Wildman–Crippen MR) is 314 cm³/mol. The number of amides is 1. The van der Waals surface area contributed by atoms with Crippen molar-refractivity contribution in [1.29, 1.82) is 0 Å². The first-order chi connectivity index (χ1) is 35.0. The highest BCUT2D eigenvalue weighted by atomic mass is 16.3. The second kappa shape index (κ2) is 60.9. The minimum absolute atomic E-state index is 0.00640. The summed E-state index contributed by atoms with van der Waals surface area (Å²) in [5.41, 5.74) is 0. The van der Waals surface area contributed by atoms with E-state index in [2.05, 4.69) is 55.6 Å². The van der Waals surface area contributed by atoms with Crippen LogP contribution < -0.4 is 5.32 Å². The van der Waals surface area contributed by atoms with Gasteiger partial charge in [0, 0.05) is 0 Å². The van der Waals surface area contributed by atoms with E-state index in [1.54, 1.807) is 6.08 Å². The molecule has 0 aliphatic rings. The molecule has 0 spiro atoms. The van der Waals surface area contributed by atoms with Crippen molar-refractivity contribution in [3.63, 3.8) is 0 Å². The fourth-order valence-corrected chi connectivity index (χ4v) is 9.98. The number of hydrogen-bond acceptors (Lipinski definition) is 4. The van der Waals surface area contributed by atoms with E-state index in [1.807, 2.05) is 6.08 Å². The number of carbonyl (C=O) groups is 1. The Kier molecular flexibility index (Phi) is 59.4. The van der Waals surface area contributed by atoms with E-state index in [-0.39, 0.29) is 18.9 Å². The Balaban J connectivity index is 3.52. The monoisotopic (exact) mass is 996 g/mol. The summed E-state index contributed by atoms with van der Waals surface area (Å²) in [7, 11) is 0. The van der Waals surface area contributed by atoms with Crippen LogP contribution in [0.3, 0.4) is 0 Å². The van der Waals surface area contributed by atoms with Gasteiger partial charge in [-0.05, 0) is 64.2 Å². The van der Waals surface area contributed by atoms with Crippen molar-refractivity contribution < 1.29 is 20.1 Å². The Hall–Kier alpha value is -1.69. The average molecular weight is 997 g/mol. The molecule has 0 aromatic heterocycles. The number of aliphatic hydroxyl groups excluding tert-OH is 3. The molecule has 0 rings (SSSR count). The zero-order chi connectivity index (χ0) is 51.4. The molecule has 4 N–H and O–H groups in total. The number of allylic oxidation sites excluding steroid dienone is 7. The van der Waals surface area contributed by atoms with Crippen LogP contribution in [0.1, 0.15) is 341 Å². The molecule has 0 saturated carbocycles. The van der Waals surface area contributed by atoms with Crippen LogP contribution in [0.5, 0.6) is 0 Å². The first-order valence-corrected chi connectivity index (χ1v) is 31.9. The van der Waals surface area contributed by atoms with Gasteiger partial charge in [0.05, 0.1) is 31.3 Å². The van der Waals surface area contributed by atoms with Crippen LogP contribution in [-0.2, 0) is 4.79 Å². The minimum atomic E-state index is -0.953. The average Bonchev–Trinajstić information content (AvgIpc) is 3.37. The number of unbranched alkanes of at least 4 members (excludes halogenated alkanes) is 44. The van der Waals surface area contributed by atoms with Crippen LogP contribution in [0.4, 0.5) is 0 Å². The molecule has 0 bridgehead atoms. The summed E-state index contributed by atoms with van der Waals surface area (Å²) in [6.07, 6.45) is 82.0. The van der Waals surface area contributed by atoms with Gasteiger partial charge in [-0.2, -0.15) is 0 Å². The lowest BCUT2D eigenvalue weighted by Crippen LogP contribution is -2.45. The second-order valence-electron chi connectivity index (χ2n) is 22.0. The van der Waals surface area contributed by atoms with Crippen molar-refractivity contribution in [3.05, 3.63) is 48.6 Å². The van der Waals surface area contributed by atoms with Crippen molar-refractivity contribution in [2.45, 2.75) is 360 Å². The predicted octanol–water partition coefficient (Wildman–Crippen LogP) is 20.3. The molecule has 0 aliphatic heterocycles. The molecule has 3 atom stereocenters. The Labute approximate surface area is 444 Å². The Bertz CT molecular complexity index is 1150. The molecule has 0 aromatic carbocycles. The number of hydrogen-bond donors (Lipinski definition) is 4. The van der Waals surface area contributed by atoms with E-state index in [1.165, 1.54) is 276 Å². The van der Waals surface area contributed by atoms with Gasteiger partial charge < -0.3 is 20.6 Å². The summed E-state index contributed by atoms with van der Waals surface area (Å²) < 4.78 is 0. The topological polar surface area (TPSA) is 89.8 Å². The van der Waals surface area contributed by atoms with Gasteiger partial charge in [0.15, 0.2) is 0 Å². The molecular formula is C66H125NO4. The molecule has 5 heteroatoms. The van der Waals surface area contributed by atoms with Crippen LogP contribution in [0, 0.1) is 0 Å². The number of rotatable bonds is 59. The van der Waals surface area contributed by atoms with Crippen LogP contribution >= 0.6 is 0 Å². The molecule has 5 nitrogen and oxygen atoms in total. The molecule has 418 valence electrons. The van der Waals surface area contributed by atoms with Crippen LogP contribution in [0.25, 0.3) is 0 Å². The molecule has 3 unspecified atom stereocenters. The lowest BCUT2D eigenvalue weighted by atomic mass is 10.0. The minimum Gasteiger partial charge on any atom is -0.394 e. The van der Waals surface area contributed by atoms with Crippen molar-refractivity contribution in [1.82, 2.24) is 5.32 Å².